The number of carbonyl (C=O) groups excluding carboxylic acids is 1. The first-order chi connectivity index (χ1) is 8.67. The van der Waals surface area contributed by atoms with Crippen molar-refractivity contribution < 1.29 is 9.53 Å². The molecule has 0 atom stereocenters. The molecule has 0 saturated carbocycles. The average molecular weight is 247 g/mol. The monoisotopic (exact) mass is 247 g/mol. The molecule has 18 heavy (non-hydrogen) atoms. The summed E-state index contributed by atoms with van der Waals surface area (Å²) in [6, 6.07) is 8.37. The van der Waals surface area contributed by atoms with Gasteiger partial charge in [-0.3, -0.25) is 0 Å². The lowest BCUT2D eigenvalue weighted by Gasteiger charge is -2.21. The molecule has 0 N–H and O–H groups in total. The van der Waals surface area contributed by atoms with Crippen LogP contribution in [0.3, 0.4) is 0 Å². The molecule has 0 spiro atoms. The van der Waals surface area contributed by atoms with Crippen molar-refractivity contribution in [3.8, 4) is 0 Å². The Morgan fingerprint density at radius 2 is 1.94 bits per heavy atom. The van der Waals surface area contributed by atoms with Gasteiger partial charge in [0.1, 0.15) is 0 Å². The number of benzene rings is 1. The summed E-state index contributed by atoms with van der Waals surface area (Å²) in [5, 5.41) is 0. The van der Waals surface area contributed by atoms with Gasteiger partial charge in [-0.15, -0.1) is 0 Å². The second-order valence-electron chi connectivity index (χ2n) is 4.03. The van der Waals surface area contributed by atoms with E-state index in [4.69, 9.17) is 4.74 Å². The molecule has 1 rings (SSSR count). The summed E-state index contributed by atoms with van der Waals surface area (Å²) in [6.07, 6.45) is 3.32. The fourth-order valence-corrected chi connectivity index (χ4v) is 1.64. The van der Waals surface area contributed by atoms with Crippen LogP contribution < -0.4 is 4.90 Å². The summed E-state index contributed by atoms with van der Waals surface area (Å²) < 4.78 is 4.83. The van der Waals surface area contributed by atoms with Crippen molar-refractivity contribution in [1.29, 1.82) is 0 Å². The van der Waals surface area contributed by atoms with E-state index in [1.54, 1.807) is 6.92 Å². The van der Waals surface area contributed by atoms with Crippen molar-refractivity contribution in [2.45, 2.75) is 20.8 Å². The standard InChI is InChI=1S/C15H21NO2/c1-4-16(12-6-7-15(17)18-5-2)14-10-8-13(3)9-11-14/h6-11H,4-5,12H2,1-3H3/b7-6+. The molecule has 0 fully saturated rings. The van der Waals surface area contributed by atoms with Gasteiger partial charge in [0.05, 0.1) is 6.61 Å². The third kappa shape index (κ3) is 4.62. The highest BCUT2D eigenvalue weighted by Gasteiger charge is 2.01. The van der Waals surface area contributed by atoms with Crippen LogP contribution in [0.1, 0.15) is 19.4 Å². The molecule has 0 aromatic heterocycles. The largest absolute Gasteiger partial charge is 0.463 e. The molecule has 0 unspecified atom stereocenters. The Kier molecular flexibility index (Phi) is 5.98. The van der Waals surface area contributed by atoms with Gasteiger partial charge >= 0.3 is 5.97 Å². The molecule has 0 bridgehead atoms. The number of carbonyl (C=O) groups is 1. The van der Waals surface area contributed by atoms with Gasteiger partial charge in [-0.2, -0.15) is 0 Å². The van der Waals surface area contributed by atoms with Crippen LogP contribution in [0.2, 0.25) is 0 Å². The van der Waals surface area contributed by atoms with E-state index in [2.05, 4.69) is 43.0 Å². The van der Waals surface area contributed by atoms with Crippen LogP contribution in [0.5, 0.6) is 0 Å². The van der Waals surface area contributed by atoms with Gasteiger partial charge in [0, 0.05) is 24.9 Å². The smallest absolute Gasteiger partial charge is 0.330 e. The normalized spacial score (nSPS) is 10.6. The highest BCUT2D eigenvalue weighted by Crippen LogP contribution is 2.14. The summed E-state index contributed by atoms with van der Waals surface area (Å²) in [7, 11) is 0. The maximum Gasteiger partial charge on any atom is 0.330 e. The number of esters is 1. The summed E-state index contributed by atoms with van der Waals surface area (Å²) >= 11 is 0. The predicted molar refractivity (Wildman–Crippen MR) is 74.8 cm³/mol. The fourth-order valence-electron chi connectivity index (χ4n) is 1.64. The van der Waals surface area contributed by atoms with E-state index in [9.17, 15) is 4.79 Å². The molecule has 3 heteroatoms. The lowest BCUT2D eigenvalue weighted by atomic mass is 10.2. The van der Waals surface area contributed by atoms with Gasteiger partial charge < -0.3 is 9.64 Å². The third-order valence-electron chi connectivity index (χ3n) is 2.65. The Morgan fingerprint density at radius 1 is 1.28 bits per heavy atom. The molecule has 0 amide bonds. The minimum Gasteiger partial charge on any atom is -0.463 e. The van der Waals surface area contributed by atoms with Gasteiger partial charge in [-0.1, -0.05) is 23.8 Å². The molecule has 1 aromatic rings. The van der Waals surface area contributed by atoms with Gasteiger partial charge in [0.25, 0.3) is 0 Å². The van der Waals surface area contributed by atoms with Gasteiger partial charge in [-0.25, -0.2) is 4.79 Å². The molecule has 0 heterocycles. The number of likely N-dealkylation sites (N-methyl/N-ethyl adjacent to an activating group) is 1. The Bertz CT molecular complexity index is 395. The van der Waals surface area contributed by atoms with Crippen LogP contribution in [0, 0.1) is 6.92 Å². The Balaban J connectivity index is 2.57. The number of hydrogen-bond acceptors (Lipinski definition) is 3. The fraction of sp³-hybridized carbons (Fsp3) is 0.400. The van der Waals surface area contributed by atoms with Crippen LogP contribution in [0.4, 0.5) is 5.69 Å². The minimum absolute atomic E-state index is 0.280. The molecule has 0 aliphatic rings. The second kappa shape index (κ2) is 7.54. The summed E-state index contributed by atoms with van der Waals surface area (Å²) in [4.78, 5) is 13.4. The number of rotatable bonds is 6. The molecule has 0 saturated heterocycles. The number of ether oxygens (including phenoxy) is 1. The van der Waals surface area contributed by atoms with Crippen molar-refractivity contribution in [2.75, 3.05) is 24.6 Å². The zero-order valence-electron chi connectivity index (χ0n) is 11.3. The number of hydrogen-bond donors (Lipinski definition) is 0. The van der Waals surface area contributed by atoms with E-state index in [0.717, 1.165) is 12.2 Å². The lowest BCUT2D eigenvalue weighted by molar-refractivity contribution is -0.137. The molecular weight excluding hydrogens is 226 g/mol. The molecular formula is C15H21NO2. The first kappa shape index (κ1) is 14.3. The summed E-state index contributed by atoms with van der Waals surface area (Å²) in [6.45, 7) is 7.99. The average Bonchev–Trinajstić information content (AvgIpc) is 2.36. The molecule has 3 nitrogen and oxygen atoms in total. The highest BCUT2D eigenvalue weighted by atomic mass is 16.5. The van der Waals surface area contributed by atoms with E-state index < -0.39 is 0 Å². The maximum absolute atomic E-state index is 11.2. The zero-order valence-corrected chi connectivity index (χ0v) is 11.3. The molecule has 0 radical (unpaired) electrons. The first-order valence-electron chi connectivity index (χ1n) is 6.32. The van der Waals surface area contributed by atoms with E-state index in [0.29, 0.717) is 13.2 Å². The minimum atomic E-state index is -0.280. The van der Waals surface area contributed by atoms with Crippen LogP contribution in [-0.4, -0.2) is 25.7 Å². The number of nitrogens with zero attached hydrogens (tertiary/aromatic N) is 1. The SMILES string of the molecule is CCOC(=O)/C=C/CN(CC)c1ccc(C)cc1. The maximum atomic E-state index is 11.2. The molecule has 0 aliphatic heterocycles. The van der Waals surface area contributed by atoms with Crippen molar-refractivity contribution in [3.63, 3.8) is 0 Å². The van der Waals surface area contributed by atoms with E-state index >= 15 is 0 Å². The lowest BCUT2D eigenvalue weighted by Crippen LogP contribution is -2.22. The molecule has 98 valence electrons. The van der Waals surface area contributed by atoms with Gasteiger partial charge in [0.15, 0.2) is 0 Å². The first-order valence-corrected chi connectivity index (χ1v) is 6.32. The van der Waals surface area contributed by atoms with Crippen molar-refractivity contribution in [2.24, 2.45) is 0 Å². The second-order valence-corrected chi connectivity index (χ2v) is 4.03. The summed E-state index contributed by atoms with van der Waals surface area (Å²) in [5.74, 6) is -0.280. The van der Waals surface area contributed by atoms with Crippen LogP contribution >= 0.6 is 0 Å². The highest BCUT2D eigenvalue weighted by molar-refractivity contribution is 5.81. The van der Waals surface area contributed by atoms with Crippen molar-refractivity contribution >= 4 is 11.7 Å². The summed E-state index contributed by atoms with van der Waals surface area (Å²) in [5.41, 5.74) is 2.41. The van der Waals surface area contributed by atoms with E-state index in [-0.39, 0.29) is 5.97 Å². The van der Waals surface area contributed by atoms with Gasteiger partial charge in [-0.05, 0) is 32.9 Å². The van der Waals surface area contributed by atoms with Crippen LogP contribution in [-0.2, 0) is 9.53 Å². The zero-order chi connectivity index (χ0) is 13.4. The molecule has 0 aliphatic carbocycles. The van der Waals surface area contributed by atoms with Crippen LogP contribution in [0.25, 0.3) is 0 Å². The van der Waals surface area contributed by atoms with Crippen molar-refractivity contribution in [1.82, 2.24) is 0 Å². The Hall–Kier alpha value is -1.77. The number of aryl methyl sites for hydroxylation is 1. The Labute approximate surface area is 109 Å². The van der Waals surface area contributed by atoms with Crippen molar-refractivity contribution in [3.05, 3.63) is 42.0 Å². The third-order valence-corrected chi connectivity index (χ3v) is 2.65. The van der Waals surface area contributed by atoms with Crippen LogP contribution in [0.15, 0.2) is 36.4 Å². The Morgan fingerprint density at radius 3 is 2.50 bits per heavy atom. The number of anilines is 1. The van der Waals surface area contributed by atoms with E-state index in [1.165, 1.54) is 11.6 Å². The van der Waals surface area contributed by atoms with Gasteiger partial charge in [0.2, 0.25) is 0 Å². The molecule has 1 aromatic carbocycles. The quantitative estimate of drug-likeness (QED) is 0.572. The predicted octanol–water partition coefficient (Wildman–Crippen LogP) is 2.94. The topological polar surface area (TPSA) is 29.5 Å². The van der Waals surface area contributed by atoms with E-state index in [1.807, 2.05) is 6.08 Å².